The van der Waals surface area contributed by atoms with Gasteiger partial charge in [-0.2, -0.15) is 0 Å². The molecule has 1 aliphatic heterocycles. The number of hydrogen-bond donors (Lipinski definition) is 1. The molecule has 0 bridgehead atoms. The second kappa shape index (κ2) is 9.11. The van der Waals surface area contributed by atoms with Gasteiger partial charge < -0.3 is 15.0 Å². The molecule has 1 aliphatic rings. The first-order chi connectivity index (χ1) is 13.0. The highest BCUT2D eigenvalue weighted by Gasteiger charge is 2.21. The maximum absolute atomic E-state index is 12.5. The number of amides is 2. The smallest absolute Gasteiger partial charge is 0.321 e. The molecular formula is C21H26ClN3O2. The molecule has 1 N–H and O–H groups in total. The fourth-order valence-corrected chi connectivity index (χ4v) is 3.26. The summed E-state index contributed by atoms with van der Waals surface area (Å²) in [6.45, 7) is 7.85. The molecular weight excluding hydrogens is 362 g/mol. The third-order valence-electron chi connectivity index (χ3n) is 4.49. The Bertz CT molecular complexity index is 756. The highest BCUT2D eigenvalue weighted by Crippen LogP contribution is 2.19. The molecule has 144 valence electrons. The van der Waals surface area contributed by atoms with Crippen LogP contribution in [-0.2, 0) is 6.54 Å². The maximum Gasteiger partial charge on any atom is 0.321 e. The van der Waals surface area contributed by atoms with Crippen molar-refractivity contribution in [3.05, 3.63) is 59.1 Å². The van der Waals surface area contributed by atoms with Gasteiger partial charge in [0.2, 0.25) is 0 Å². The van der Waals surface area contributed by atoms with E-state index in [1.54, 1.807) is 0 Å². The summed E-state index contributed by atoms with van der Waals surface area (Å²) in [4.78, 5) is 16.7. The number of rotatable bonds is 5. The summed E-state index contributed by atoms with van der Waals surface area (Å²) in [5, 5.41) is 3.75. The molecule has 0 radical (unpaired) electrons. The molecule has 3 rings (SSSR count). The van der Waals surface area contributed by atoms with E-state index in [9.17, 15) is 4.79 Å². The average molecular weight is 388 g/mol. The number of benzene rings is 2. The summed E-state index contributed by atoms with van der Waals surface area (Å²) in [5.41, 5.74) is 1.90. The number of halogens is 1. The number of hydrogen-bond acceptors (Lipinski definition) is 3. The summed E-state index contributed by atoms with van der Waals surface area (Å²) in [7, 11) is 0. The van der Waals surface area contributed by atoms with Gasteiger partial charge in [-0.05, 0) is 49.7 Å². The molecule has 0 spiro atoms. The normalized spacial score (nSPS) is 15.0. The van der Waals surface area contributed by atoms with Crippen LogP contribution in [0.25, 0.3) is 0 Å². The molecule has 0 unspecified atom stereocenters. The third-order valence-corrected chi connectivity index (χ3v) is 4.86. The number of carbonyl (C=O) groups excluding carboxylic acids is 1. The number of nitrogens with one attached hydrogen (secondary N) is 1. The quantitative estimate of drug-likeness (QED) is 0.822. The predicted octanol–water partition coefficient (Wildman–Crippen LogP) is 4.48. The van der Waals surface area contributed by atoms with Crippen molar-refractivity contribution in [1.82, 2.24) is 9.80 Å². The van der Waals surface area contributed by atoms with E-state index in [0.29, 0.717) is 13.1 Å². The van der Waals surface area contributed by atoms with E-state index in [0.717, 1.165) is 41.7 Å². The van der Waals surface area contributed by atoms with Gasteiger partial charge in [0.25, 0.3) is 0 Å². The minimum atomic E-state index is -0.0649. The Labute approximate surface area is 165 Å². The fraction of sp³-hybridized carbons (Fsp3) is 0.381. The van der Waals surface area contributed by atoms with Gasteiger partial charge in [0.1, 0.15) is 5.75 Å². The van der Waals surface area contributed by atoms with Crippen LogP contribution in [-0.4, -0.2) is 48.1 Å². The number of anilines is 1. The van der Waals surface area contributed by atoms with Crippen LogP contribution < -0.4 is 10.1 Å². The lowest BCUT2D eigenvalue weighted by Crippen LogP contribution is -2.49. The van der Waals surface area contributed by atoms with Crippen molar-refractivity contribution in [2.75, 3.05) is 31.5 Å². The topological polar surface area (TPSA) is 44.8 Å². The largest absolute Gasteiger partial charge is 0.491 e. The van der Waals surface area contributed by atoms with Crippen LogP contribution in [0.1, 0.15) is 19.4 Å². The molecule has 2 aromatic carbocycles. The zero-order chi connectivity index (χ0) is 19.2. The molecule has 2 aromatic rings. The summed E-state index contributed by atoms with van der Waals surface area (Å²) in [5.74, 6) is 0.802. The number of urea groups is 1. The fourth-order valence-electron chi connectivity index (χ4n) is 3.07. The number of piperazine rings is 1. The van der Waals surface area contributed by atoms with E-state index in [-0.39, 0.29) is 12.1 Å². The molecule has 6 heteroatoms. The van der Waals surface area contributed by atoms with Gasteiger partial charge >= 0.3 is 6.03 Å². The van der Waals surface area contributed by atoms with E-state index in [1.165, 1.54) is 0 Å². The summed E-state index contributed by atoms with van der Waals surface area (Å²) < 4.78 is 5.62. The zero-order valence-corrected chi connectivity index (χ0v) is 16.6. The Hall–Kier alpha value is -2.24. The molecule has 0 saturated carbocycles. The number of ether oxygens (including phenoxy) is 1. The second-order valence-corrected chi connectivity index (χ2v) is 7.38. The lowest BCUT2D eigenvalue weighted by molar-refractivity contribution is 0.143. The molecule has 0 atom stereocenters. The van der Waals surface area contributed by atoms with Crippen LogP contribution >= 0.6 is 11.6 Å². The highest BCUT2D eigenvalue weighted by molar-refractivity contribution is 6.31. The standard InChI is InChI=1S/C21H26ClN3O2/c1-16(2)27-19-9-7-18(8-10-19)23-21(26)25-13-11-24(12-14-25)15-17-5-3-4-6-20(17)22/h3-10,16H,11-15H2,1-2H3,(H,23,26). The Morgan fingerprint density at radius 1 is 1.07 bits per heavy atom. The van der Waals surface area contributed by atoms with Gasteiger partial charge in [0.15, 0.2) is 0 Å². The Morgan fingerprint density at radius 3 is 2.37 bits per heavy atom. The minimum Gasteiger partial charge on any atom is -0.491 e. The van der Waals surface area contributed by atoms with Crippen LogP contribution in [0.4, 0.5) is 10.5 Å². The van der Waals surface area contributed by atoms with Gasteiger partial charge in [-0.25, -0.2) is 4.79 Å². The average Bonchev–Trinajstić information content (AvgIpc) is 2.65. The summed E-state index contributed by atoms with van der Waals surface area (Å²) in [6, 6.07) is 15.3. The van der Waals surface area contributed by atoms with Crippen molar-refractivity contribution in [2.24, 2.45) is 0 Å². The Morgan fingerprint density at radius 2 is 1.74 bits per heavy atom. The summed E-state index contributed by atoms with van der Waals surface area (Å²) >= 11 is 6.24. The number of nitrogens with zero attached hydrogens (tertiary/aromatic N) is 2. The van der Waals surface area contributed by atoms with E-state index in [1.807, 2.05) is 67.3 Å². The van der Waals surface area contributed by atoms with Crippen molar-refractivity contribution in [3.8, 4) is 5.75 Å². The Kier molecular flexibility index (Phi) is 6.58. The van der Waals surface area contributed by atoms with Gasteiger partial charge in [0.05, 0.1) is 6.10 Å². The molecule has 27 heavy (non-hydrogen) atoms. The van der Waals surface area contributed by atoms with Gasteiger partial charge in [-0.3, -0.25) is 4.90 Å². The van der Waals surface area contributed by atoms with Gasteiger partial charge in [0, 0.05) is 43.4 Å². The SMILES string of the molecule is CC(C)Oc1ccc(NC(=O)N2CCN(Cc3ccccc3Cl)CC2)cc1. The van der Waals surface area contributed by atoms with Crippen LogP contribution in [0, 0.1) is 0 Å². The van der Waals surface area contributed by atoms with E-state index >= 15 is 0 Å². The van der Waals surface area contributed by atoms with Gasteiger partial charge in [-0.1, -0.05) is 29.8 Å². The first kappa shape index (κ1) is 19.5. The molecule has 2 amide bonds. The van der Waals surface area contributed by atoms with Crippen molar-refractivity contribution in [2.45, 2.75) is 26.5 Å². The van der Waals surface area contributed by atoms with E-state index < -0.39 is 0 Å². The van der Waals surface area contributed by atoms with Crippen molar-refractivity contribution < 1.29 is 9.53 Å². The molecule has 0 aliphatic carbocycles. The highest BCUT2D eigenvalue weighted by atomic mass is 35.5. The molecule has 1 heterocycles. The zero-order valence-electron chi connectivity index (χ0n) is 15.8. The first-order valence-corrected chi connectivity index (χ1v) is 9.67. The monoisotopic (exact) mass is 387 g/mol. The van der Waals surface area contributed by atoms with Crippen LogP contribution in [0.15, 0.2) is 48.5 Å². The van der Waals surface area contributed by atoms with E-state index in [4.69, 9.17) is 16.3 Å². The number of carbonyl (C=O) groups is 1. The van der Waals surface area contributed by atoms with Crippen LogP contribution in [0.2, 0.25) is 5.02 Å². The lowest BCUT2D eigenvalue weighted by Gasteiger charge is -2.34. The van der Waals surface area contributed by atoms with Crippen molar-refractivity contribution in [3.63, 3.8) is 0 Å². The minimum absolute atomic E-state index is 0.0649. The van der Waals surface area contributed by atoms with Crippen molar-refractivity contribution >= 4 is 23.3 Å². The predicted molar refractivity (Wildman–Crippen MR) is 110 cm³/mol. The molecule has 0 aromatic heterocycles. The lowest BCUT2D eigenvalue weighted by atomic mass is 10.2. The van der Waals surface area contributed by atoms with Crippen LogP contribution in [0.3, 0.4) is 0 Å². The van der Waals surface area contributed by atoms with E-state index in [2.05, 4.69) is 10.2 Å². The summed E-state index contributed by atoms with van der Waals surface area (Å²) in [6.07, 6.45) is 0.132. The van der Waals surface area contributed by atoms with Crippen molar-refractivity contribution in [1.29, 1.82) is 0 Å². The third kappa shape index (κ3) is 5.62. The first-order valence-electron chi connectivity index (χ1n) is 9.29. The maximum atomic E-state index is 12.5. The molecule has 1 fully saturated rings. The molecule has 1 saturated heterocycles. The van der Waals surface area contributed by atoms with Crippen LogP contribution in [0.5, 0.6) is 5.75 Å². The second-order valence-electron chi connectivity index (χ2n) is 6.98. The Balaban J connectivity index is 1.47. The van der Waals surface area contributed by atoms with Gasteiger partial charge in [-0.15, -0.1) is 0 Å². The molecule has 5 nitrogen and oxygen atoms in total.